The van der Waals surface area contributed by atoms with Gasteiger partial charge in [-0.1, -0.05) is 36.1 Å². The summed E-state index contributed by atoms with van der Waals surface area (Å²) < 4.78 is 27.9. The number of hydrogen-bond acceptors (Lipinski definition) is 8. The third-order valence-electron chi connectivity index (χ3n) is 3.05. The normalized spacial score (nSPS) is 11.3. The molecule has 0 bridgehead atoms. The molecule has 3 rings (SSSR count). The number of anilines is 2. The standard InChI is InChI=1S/C15H14N4O3S4/c1-2-23-15-18-17-14(25-15)16-13(20)10-5-7-11(8-6-10)19-26(21,22)12-4-3-9-24-12/h3-9,19H,2H2,1H3,(H,16,17,20). The summed E-state index contributed by atoms with van der Waals surface area (Å²) in [4.78, 5) is 12.2. The van der Waals surface area contributed by atoms with Crippen molar-refractivity contribution in [2.45, 2.75) is 15.5 Å². The number of carbonyl (C=O) groups excluding carboxylic acids is 1. The van der Waals surface area contributed by atoms with Gasteiger partial charge in [0.25, 0.3) is 15.9 Å². The van der Waals surface area contributed by atoms with Crippen molar-refractivity contribution in [3.05, 3.63) is 47.3 Å². The van der Waals surface area contributed by atoms with Gasteiger partial charge in [0.1, 0.15) is 4.21 Å². The predicted molar refractivity (Wildman–Crippen MR) is 106 cm³/mol. The molecule has 0 aliphatic heterocycles. The average Bonchev–Trinajstić information content (AvgIpc) is 3.28. The van der Waals surface area contributed by atoms with Crippen molar-refractivity contribution < 1.29 is 13.2 Å². The van der Waals surface area contributed by atoms with Crippen LogP contribution in [0, 0.1) is 0 Å². The van der Waals surface area contributed by atoms with Crippen LogP contribution in [0.5, 0.6) is 0 Å². The Morgan fingerprint density at radius 1 is 1.19 bits per heavy atom. The lowest BCUT2D eigenvalue weighted by Gasteiger charge is -2.07. The van der Waals surface area contributed by atoms with Crippen molar-refractivity contribution in [1.82, 2.24) is 10.2 Å². The van der Waals surface area contributed by atoms with E-state index >= 15 is 0 Å². The number of aromatic nitrogens is 2. The maximum absolute atomic E-state index is 12.2. The molecule has 7 nitrogen and oxygen atoms in total. The van der Waals surface area contributed by atoms with E-state index in [1.165, 1.54) is 17.4 Å². The minimum atomic E-state index is -3.61. The van der Waals surface area contributed by atoms with Crippen LogP contribution in [-0.4, -0.2) is 30.3 Å². The molecule has 0 fully saturated rings. The van der Waals surface area contributed by atoms with Crippen LogP contribution in [0.2, 0.25) is 0 Å². The van der Waals surface area contributed by atoms with Crippen molar-refractivity contribution in [2.24, 2.45) is 0 Å². The van der Waals surface area contributed by atoms with Crippen LogP contribution in [0.1, 0.15) is 17.3 Å². The second-order valence-electron chi connectivity index (χ2n) is 4.88. The highest BCUT2D eigenvalue weighted by atomic mass is 32.2. The second kappa shape index (κ2) is 8.16. The lowest BCUT2D eigenvalue weighted by Crippen LogP contribution is -2.13. The maximum atomic E-state index is 12.2. The fraction of sp³-hybridized carbons (Fsp3) is 0.133. The number of nitrogens with one attached hydrogen (secondary N) is 2. The van der Waals surface area contributed by atoms with Crippen molar-refractivity contribution >= 4 is 61.2 Å². The molecule has 1 amide bonds. The SMILES string of the molecule is CCSc1nnc(NC(=O)c2ccc(NS(=O)(=O)c3cccs3)cc2)s1. The van der Waals surface area contributed by atoms with E-state index in [1.54, 1.807) is 47.5 Å². The number of thioether (sulfide) groups is 1. The fourth-order valence-electron chi connectivity index (χ4n) is 1.92. The zero-order valence-electron chi connectivity index (χ0n) is 13.5. The van der Waals surface area contributed by atoms with Gasteiger partial charge in [0, 0.05) is 11.3 Å². The molecular weight excluding hydrogens is 412 g/mol. The monoisotopic (exact) mass is 426 g/mol. The summed E-state index contributed by atoms with van der Waals surface area (Å²) in [7, 11) is -3.61. The van der Waals surface area contributed by atoms with E-state index in [4.69, 9.17) is 0 Å². The van der Waals surface area contributed by atoms with Crippen molar-refractivity contribution in [2.75, 3.05) is 15.8 Å². The summed E-state index contributed by atoms with van der Waals surface area (Å²) in [6.07, 6.45) is 0. The molecule has 0 spiro atoms. The first kappa shape index (κ1) is 18.8. The topological polar surface area (TPSA) is 101 Å². The Morgan fingerprint density at radius 2 is 1.96 bits per heavy atom. The van der Waals surface area contributed by atoms with E-state index in [2.05, 4.69) is 20.2 Å². The van der Waals surface area contributed by atoms with Gasteiger partial charge in [-0.3, -0.25) is 14.8 Å². The first-order valence-corrected chi connectivity index (χ1v) is 11.6. The Bertz CT molecular complexity index is 982. The van der Waals surface area contributed by atoms with Crippen LogP contribution in [-0.2, 0) is 10.0 Å². The molecule has 3 aromatic rings. The van der Waals surface area contributed by atoms with Gasteiger partial charge in [-0.25, -0.2) is 8.42 Å². The van der Waals surface area contributed by atoms with E-state index in [0.29, 0.717) is 16.4 Å². The van der Waals surface area contributed by atoms with Gasteiger partial charge in [0.2, 0.25) is 5.13 Å². The van der Waals surface area contributed by atoms with E-state index < -0.39 is 10.0 Å². The molecule has 0 atom stereocenters. The van der Waals surface area contributed by atoms with E-state index in [9.17, 15) is 13.2 Å². The fourth-order valence-corrected chi connectivity index (χ4v) is 5.62. The molecule has 0 radical (unpaired) electrons. The van der Waals surface area contributed by atoms with Crippen LogP contribution < -0.4 is 10.0 Å². The largest absolute Gasteiger partial charge is 0.296 e. The van der Waals surface area contributed by atoms with Crippen molar-refractivity contribution in [1.29, 1.82) is 0 Å². The summed E-state index contributed by atoms with van der Waals surface area (Å²) in [6, 6.07) is 9.37. The highest BCUT2D eigenvalue weighted by molar-refractivity contribution is 8.01. The molecule has 2 N–H and O–H groups in total. The van der Waals surface area contributed by atoms with Crippen LogP contribution in [0.15, 0.2) is 50.3 Å². The Morgan fingerprint density at radius 3 is 2.62 bits per heavy atom. The number of amides is 1. The molecule has 0 aliphatic rings. The number of sulfonamides is 1. The summed E-state index contributed by atoms with van der Waals surface area (Å²) in [5, 5.41) is 12.7. The average molecular weight is 427 g/mol. The summed E-state index contributed by atoms with van der Waals surface area (Å²) in [5.41, 5.74) is 0.775. The van der Waals surface area contributed by atoms with E-state index in [1.807, 2.05) is 6.92 Å². The Hall–Kier alpha value is -1.95. The highest BCUT2D eigenvalue weighted by Crippen LogP contribution is 2.25. The molecule has 2 aromatic heterocycles. The van der Waals surface area contributed by atoms with Gasteiger partial charge in [-0.2, -0.15) is 0 Å². The number of carbonyl (C=O) groups is 1. The maximum Gasteiger partial charge on any atom is 0.271 e. The summed E-state index contributed by atoms with van der Waals surface area (Å²) >= 11 is 4.00. The number of rotatable bonds is 7. The molecule has 2 heterocycles. The van der Waals surface area contributed by atoms with Crippen LogP contribution in [0.25, 0.3) is 0 Å². The molecule has 0 saturated heterocycles. The first-order chi connectivity index (χ1) is 12.5. The zero-order valence-corrected chi connectivity index (χ0v) is 16.8. The van der Waals surface area contributed by atoms with Crippen molar-refractivity contribution in [3.8, 4) is 0 Å². The lowest BCUT2D eigenvalue weighted by atomic mass is 10.2. The first-order valence-electron chi connectivity index (χ1n) is 7.42. The van der Waals surface area contributed by atoms with Crippen molar-refractivity contribution in [3.63, 3.8) is 0 Å². The Balaban J connectivity index is 1.66. The summed E-state index contributed by atoms with van der Waals surface area (Å²) in [5.74, 6) is 0.549. The number of benzene rings is 1. The zero-order chi connectivity index (χ0) is 18.6. The van der Waals surface area contributed by atoms with Gasteiger partial charge in [0.15, 0.2) is 4.34 Å². The highest BCUT2D eigenvalue weighted by Gasteiger charge is 2.16. The van der Waals surface area contributed by atoms with Crippen LogP contribution in [0.4, 0.5) is 10.8 Å². The lowest BCUT2D eigenvalue weighted by molar-refractivity contribution is 0.102. The summed E-state index contributed by atoms with van der Waals surface area (Å²) in [6.45, 7) is 2.01. The van der Waals surface area contributed by atoms with Gasteiger partial charge < -0.3 is 0 Å². The molecule has 0 aliphatic carbocycles. The smallest absolute Gasteiger partial charge is 0.271 e. The van der Waals surface area contributed by atoms with E-state index in [0.717, 1.165) is 21.4 Å². The minimum absolute atomic E-state index is 0.233. The Kier molecular flexibility index (Phi) is 5.91. The molecule has 1 aromatic carbocycles. The molecule has 11 heteroatoms. The third-order valence-corrected chi connectivity index (χ3v) is 7.69. The quantitative estimate of drug-likeness (QED) is 0.441. The van der Waals surface area contributed by atoms with Gasteiger partial charge in [-0.05, 0) is 41.5 Å². The number of nitrogens with zero attached hydrogens (tertiary/aromatic N) is 2. The number of hydrogen-bond donors (Lipinski definition) is 2. The molecule has 0 saturated carbocycles. The predicted octanol–water partition coefficient (Wildman–Crippen LogP) is 3.76. The van der Waals surface area contributed by atoms with Crippen LogP contribution in [0.3, 0.4) is 0 Å². The molecule has 26 heavy (non-hydrogen) atoms. The molecule has 136 valence electrons. The molecule has 0 unspecified atom stereocenters. The van der Waals surface area contributed by atoms with Gasteiger partial charge in [0.05, 0.1) is 0 Å². The van der Waals surface area contributed by atoms with E-state index in [-0.39, 0.29) is 10.1 Å². The molecular formula is C15H14N4O3S4. The van der Waals surface area contributed by atoms with Gasteiger partial charge in [-0.15, -0.1) is 21.5 Å². The minimum Gasteiger partial charge on any atom is -0.296 e. The number of thiophene rings is 1. The third kappa shape index (κ3) is 4.61. The van der Waals surface area contributed by atoms with Crippen LogP contribution >= 0.6 is 34.4 Å². The van der Waals surface area contributed by atoms with Gasteiger partial charge >= 0.3 is 0 Å². The second-order valence-corrected chi connectivity index (χ2v) is 10.2. The Labute approximate surface area is 162 Å².